The molecule has 1 aromatic rings. The molecule has 1 fully saturated rings. The van der Waals surface area contributed by atoms with Gasteiger partial charge in [0.25, 0.3) is 0 Å². The van der Waals surface area contributed by atoms with Crippen LogP contribution in [0.15, 0.2) is 18.2 Å². The van der Waals surface area contributed by atoms with E-state index >= 15 is 0 Å². The maximum absolute atomic E-state index is 9.48. The van der Waals surface area contributed by atoms with Gasteiger partial charge in [0.2, 0.25) is 0 Å². The molecule has 0 aliphatic carbocycles. The van der Waals surface area contributed by atoms with Gasteiger partial charge in [-0.2, -0.15) is 0 Å². The van der Waals surface area contributed by atoms with Gasteiger partial charge in [0.05, 0.1) is 0 Å². The third kappa shape index (κ3) is 2.35. The highest BCUT2D eigenvalue weighted by Gasteiger charge is 2.37. The molecule has 0 radical (unpaired) electrons. The van der Waals surface area contributed by atoms with Crippen molar-refractivity contribution in [1.29, 1.82) is 0 Å². The van der Waals surface area contributed by atoms with Gasteiger partial charge in [0, 0.05) is 6.07 Å². The van der Waals surface area contributed by atoms with E-state index in [1.807, 2.05) is 6.07 Å². The minimum Gasteiger partial charge on any atom is -0.508 e. The highest BCUT2D eigenvalue weighted by molar-refractivity contribution is 5.85. The first kappa shape index (κ1) is 12.5. The molecule has 3 nitrogen and oxygen atoms in total. The third-order valence-electron chi connectivity index (χ3n) is 3.74. The monoisotopic (exact) mass is 255 g/mol. The molecule has 0 atom stereocenters. The molecule has 0 saturated carbocycles. The van der Waals surface area contributed by atoms with Gasteiger partial charge >= 0.3 is 0 Å². The van der Waals surface area contributed by atoms with Crippen LogP contribution in [0.25, 0.3) is 0 Å². The first-order valence-electron chi connectivity index (χ1n) is 5.99. The van der Waals surface area contributed by atoms with Crippen molar-refractivity contribution in [2.45, 2.75) is 31.3 Å². The quantitative estimate of drug-likeness (QED) is 0.747. The molecule has 0 aromatic heterocycles. The van der Waals surface area contributed by atoms with Crippen LogP contribution in [0.2, 0.25) is 0 Å². The number of piperidine rings is 1. The van der Waals surface area contributed by atoms with Crippen LogP contribution < -0.4 is 10.1 Å². The molecule has 2 aliphatic heterocycles. The zero-order chi connectivity index (χ0) is 11.0. The molecule has 0 amide bonds. The minimum atomic E-state index is 0. The van der Waals surface area contributed by atoms with E-state index in [0.29, 0.717) is 5.75 Å². The fraction of sp³-hybridized carbons (Fsp3) is 0.538. The normalized spacial score (nSPS) is 21.2. The topological polar surface area (TPSA) is 41.5 Å². The second kappa shape index (κ2) is 4.75. The molecule has 4 heteroatoms. The third-order valence-corrected chi connectivity index (χ3v) is 3.74. The van der Waals surface area contributed by atoms with E-state index in [-0.39, 0.29) is 18.0 Å². The van der Waals surface area contributed by atoms with E-state index in [1.165, 1.54) is 5.56 Å². The molecule has 2 aliphatic rings. The molecule has 3 rings (SSSR count). The number of ether oxygens (including phenoxy) is 1. The lowest BCUT2D eigenvalue weighted by Crippen LogP contribution is -2.48. The zero-order valence-electron chi connectivity index (χ0n) is 9.74. The molecular weight excluding hydrogens is 238 g/mol. The van der Waals surface area contributed by atoms with E-state index < -0.39 is 0 Å². The lowest BCUT2D eigenvalue weighted by atomic mass is 9.84. The Bertz CT molecular complexity index is 402. The van der Waals surface area contributed by atoms with Gasteiger partial charge < -0.3 is 15.2 Å². The zero-order valence-corrected chi connectivity index (χ0v) is 10.6. The van der Waals surface area contributed by atoms with Crippen molar-refractivity contribution >= 4 is 12.4 Å². The average molecular weight is 256 g/mol. The number of fused-ring (bicyclic) bond motifs is 1. The summed E-state index contributed by atoms with van der Waals surface area (Å²) in [7, 11) is 0. The van der Waals surface area contributed by atoms with Crippen LogP contribution in [0.5, 0.6) is 11.5 Å². The number of hydrogen-bond acceptors (Lipinski definition) is 3. The van der Waals surface area contributed by atoms with Crippen LogP contribution in [0, 0.1) is 0 Å². The molecule has 0 bridgehead atoms. The Labute approximate surface area is 108 Å². The SMILES string of the molecule is Cl.Oc1ccc2c(c1)OC1(CCNCC1)CC2. The summed E-state index contributed by atoms with van der Waals surface area (Å²) in [5.41, 5.74) is 1.24. The fourth-order valence-corrected chi connectivity index (χ4v) is 2.73. The molecule has 1 saturated heterocycles. The lowest BCUT2D eigenvalue weighted by molar-refractivity contribution is 0.0168. The van der Waals surface area contributed by atoms with E-state index in [1.54, 1.807) is 12.1 Å². The van der Waals surface area contributed by atoms with Crippen LogP contribution in [0.1, 0.15) is 24.8 Å². The minimum absolute atomic E-state index is 0. The number of phenolic OH excluding ortho intramolecular Hbond substituents is 1. The number of halogens is 1. The molecule has 1 aromatic carbocycles. The van der Waals surface area contributed by atoms with Crippen molar-refractivity contribution < 1.29 is 9.84 Å². The molecule has 1 spiro atoms. The Morgan fingerprint density at radius 1 is 1.18 bits per heavy atom. The Hall–Kier alpha value is -0.930. The van der Waals surface area contributed by atoms with Crippen LogP contribution >= 0.6 is 12.4 Å². The van der Waals surface area contributed by atoms with Gasteiger partial charge in [-0.05, 0) is 50.4 Å². The Balaban J connectivity index is 0.00000108. The number of hydrogen-bond donors (Lipinski definition) is 2. The summed E-state index contributed by atoms with van der Waals surface area (Å²) in [6.07, 6.45) is 4.31. The van der Waals surface area contributed by atoms with Crippen LogP contribution in [-0.4, -0.2) is 23.8 Å². The summed E-state index contributed by atoms with van der Waals surface area (Å²) < 4.78 is 6.14. The van der Waals surface area contributed by atoms with Crippen molar-refractivity contribution in [2.24, 2.45) is 0 Å². The van der Waals surface area contributed by atoms with Crippen molar-refractivity contribution in [3.8, 4) is 11.5 Å². The molecular formula is C13H18ClNO2. The van der Waals surface area contributed by atoms with Gasteiger partial charge in [0.1, 0.15) is 17.1 Å². The standard InChI is InChI=1S/C13H17NO2.ClH/c15-11-2-1-10-3-4-13(16-12(10)9-11)5-7-14-8-6-13;/h1-2,9,14-15H,3-8H2;1H. The van der Waals surface area contributed by atoms with Crippen LogP contribution in [0.4, 0.5) is 0 Å². The molecule has 0 unspecified atom stereocenters. The lowest BCUT2D eigenvalue weighted by Gasteiger charge is -2.41. The maximum atomic E-state index is 9.48. The molecule has 17 heavy (non-hydrogen) atoms. The van der Waals surface area contributed by atoms with Gasteiger partial charge in [-0.25, -0.2) is 0 Å². The summed E-state index contributed by atoms with van der Waals surface area (Å²) in [6, 6.07) is 5.46. The van der Waals surface area contributed by atoms with Gasteiger partial charge in [-0.1, -0.05) is 6.07 Å². The summed E-state index contributed by atoms with van der Waals surface area (Å²) in [5.74, 6) is 1.18. The fourth-order valence-electron chi connectivity index (χ4n) is 2.73. The number of nitrogens with one attached hydrogen (secondary N) is 1. The number of rotatable bonds is 0. The van der Waals surface area contributed by atoms with Crippen molar-refractivity contribution in [3.05, 3.63) is 23.8 Å². The second-order valence-electron chi connectivity index (χ2n) is 4.83. The number of benzene rings is 1. The maximum Gasteiger partial charge on any atom is 0.127 e. The van der Waals surface area contributed by atoms with Gasteiger partial charge in [0.15, 0.2) is 0 Å². The first-order chi connectivity index (χ1) is 7.77. The van der Waals surface area contributed by atoms with Crippen molar-refractivity contribution in [2.75, 3.05) is 13.1 Å². The van der Waals surface area contributed by atoms with Gasteiger partial charge in [-0.3, -0.25) is 0 Å². The number of aromatic hydroxyl groups is 1. The molecule has 2 heterocycles. The van der Waals surface area contributed by atoms with Gasteiger partial charge in [-0.15, -0.1) is 12.4 Å². The largest absolute Gasteiger partial charge is 0.508 e. The van der Waals surface area contributed by atoms with E-state index in [0.717, 1.165) is 44.5 Å². The summed E-state index contributed by atoms with van der Waals surface area (Å²) in [4.78, 5) is 0. The highest BCUT2D eigenvalue weighted by atomic mass is 35.5. The Morgan fingerprint density at radius 2 is 1.94 bits per heavy atom. The number of phenols is 1. The first-order valence-corrected chi connectivity index (χ1v) is 5.99. The molecule has 94 valence electrons. The van der Waals surface area contributed by atoms with E-state index in [4.69, 9.17) is 4.74 Å². The van der Waals surface area contributed by atoms with Crippen LogP contribution in [-0.2, 0) is 6.42 Å². The average Bonchev–Trinajstić information content (AvgIpc) is 2.29. The highest BCUT2D eigenvalue weighted by Crippen LogP contribution is 2.39. The van der Waals surface area contributed by atoms with Crippen LogP contribution in [0.3, 0.4) is 0 Å². The van der Waals surface area contributed by atoms with E-state index in [2.05, 4.69) is 5.32 Å². The summed E-state index contributed by atoms with van der Waals surface area (Å²) >= 11 is 0. The van der Waals surface area contributed by atoms with E-state index in [9.17, 15) is 5.11 Å². The predicted molar refractivity (Wildman–Crippen MR) is 69.1 cm³/mol. The Kier molecular flexibility index (Phi) is 3.50. The second-order valence-corrected chi connectivity index (χ2v) is 4.83. The van der Waals surface area contributed by atoms with Crippen molar-refractivity contribution in [1.82, 2.24) is 5.32 Å². The predicted octanol–water partition coefficient (Wildman–Crippen LogP) is 2.26. The summed E-state index contributed by atoms with van der Waals surface area (Å²) in [6.45, 7) is 2.07. The Morgan fingerprint density at radius 3 is 2.71 bits per heavy atom. The summed E-state index contributed by atoms with van der Waals surface area (Å²) in [5, 5.41) is 12.8. The smallest absolute Gasteiger partial charge is 0.127 e. The number of aryl methyl sites for hydroxylation is 1. The molecule has 2 N–H and O–H groups in total. The van der Waals surface area contributed by atoms with Crippen molar-refractivity contribution in [3.63, 3.8) is 0 Å².